The van der Waals surface area contributed by atoms with Crippen LogP contribution in [0.2, 0.25) is 0 Å². The molecule has 3 unspecified atom stereocenters. The van der Waals surface area contributed by atoms with Crippen molar-refractivity contribution in [2.24, 2.45) is 52.3 Å². The molecule has 0 aromatic rings. The zero-order valence-electron chi connectivity index (χ0n) is 17.6. The van der Waals surface area contributed by atoms with Gasteiger partial charge in [-0.05, 0) is 104 Å². The van der Waals surface area contributed by atoms with E-state index in [-0.39, 0.29) is 6.10 Å². The largest absolute Gasteiger partial charge is 0.396 e. The van der Waals surface area contributed by atoms with E-state index in [9.17, 15) is 10.2 Å². The summed E-state index contributed by atoms with van der Waals surface area (Å²) >= 11 is 0. The molecule has 150 valence electrons. The number of rotatable bonds is 3. The fourth-order valence-corrected chi connectivity index (χ4v) is 9.04. The Morgan fingerprint density at radius 1 is 0.923 bits per heavy atom. The SMILES string of the molecule is CC[C@H]1CC2C3CC[C@H]([C@H](C)CO)[C@@]3(C)CCC2[C@@]2(C)CC[C@@H](O)C[C@@H]12. The van der Waals surface area contributed by atoms with E-state index in [0.29, 0.717) is 23.4 Å². The molecule has 2 nitrogen and oxygen atoms in total. The Kier molecular flexibility index (Phi) is 5.01. The summed E-state index contributed by atoms with van der Waals surface area (Å²) in [7, 11) is 0. The normalized spacial score (nSPS) is 54.9. The summed E-state index contributed by atoms with van der Waals surface area (Å²) < 4.78 is 0. The molecule has 0 aliphatic heterocycles. The standard InChI is InChI=1S/C24H42O2/c1-5-16-12-18-20-7-6-19(15(2)14-25)23(20,3)11-9-21(18)24(4)10-8-17(26)13-22(16)24/h15-22,25-26H,5-14H2,1-4H3/t15-,16+,17-,18?,19-,20?,21?,22+,23-,24-/m1/s1. The third-order valence-electron chi connectivity index (χ3n) is 10.4. The number of hydrogen-bond donors (Lipinski definition) is 2. The molecule has 4 aliphatic carbocycles. The van der Waals surface area contributed by atoms with Gasteiger partial charge in [0, 0.05) is 6.61 Å². The van der Waals surface area contributed by atoms with E-state index in [0.717, 1.165) is 48.3 Å². The van der Waals surface area contributed by atoms with Gasteiger partial charge in [-0.2, -0.15) is 0 Å². The van der Waals surface area contributed by atoms with Crippen molar-refractivity contribution in [2.75, 3.05) is 6.61 Å². The van der Waals surface area contributed by atoms with E-state index in [1.165, 1.54) is 44.9 Å². The van der Waals surface area contributed by atoms with E-state index in [2.05, 4.69) is 27.7 Å². The van der Waals surface area contributed by atoms with Gasteiger partial charge in [0.25, 0.3) is 0 Å². The molecule has 0 amide bonds. The first kappa shape index (κ1) is 19.2. The van der Waals surface area contributed by atoms with E-state index < -0.39 is 0 Å². The maximum absolute atomic E-state index is 10.4. The smallest absolute Gasteiger partial charge is 0.0543 e. The van der Waals surface area contributed by atoms with Gasteiger partial charge >= 0.3 is 0 Å². The second-order valence-corrected chi connectivity index (χ2v) is 11.2. The predicted octanol–water partition coefficient (Wildman–Crippen LogP) is 5.27. The van der Waals surface area contributed by atoms with Crippen LogP contribution in [0.25, 0.3) is 0 Å². The van der Waals surface area contributed by atoms with Crippen molar-refractivity contribution in [2.45, 2.75) is 91.6 Å². The topological polar surface area (TPSA) is 40.5 Å². The van der Waals surface area contributed by atoms with Crippen molar-refractivity contribution in [1.82, 2.24) is 0 Å². The highest BCUT2D eigenvalue weighted by molar-refractivity contribution is 5.11. The third kappa shape index (κ3) is 2.65. The predicted molar refractivity (Wildman–Crippen MR) is 107 cm³/mol. The van der Waals surface area contributed by atoms with Crippen LogP contribution in [0.15, 0.2) is 0 Å². The number of fused-ring (bicyclic) bond motifs is 5. The van der Waals surface area contributed by atoms with Gasteiger partial charge in [0.15, 0.2) is 0 Å². The van der Waals surface area contributed by atoms with Gasteiger partial charge in [-0.15, -0.1) is 0 Å². The summed E-state index contributed by atoms with van der Waals surface area (Å²) in [5, 5.41) is 20.2. The highest BCUT2D eigenvalue weighted by Gasteiger charge is 2.62. The van der Waals surface area contributed by atoms with Crippen molar-refractivity contribution in [3.8, 4) is 0 Å². The Hall–Kier alpha value is -0.0800. The van der Waals surface area contributed by atoms with Gasteiger partial charge in [-0.3, -0.25) is 0 Å². The first-order valence-corrected chi connectivity index (χ1v) is 11.6. The minimum atomic E-state index is -0.0474. The molecular weight excluding hydrogens is 320 g/mol. The van der Waals surface area contributed by atoms with Crippen LogP contribution in [0.3, 0.4) is 0 Å². The molecule has 2 N–H and O–H groups in total. The van der Waals surface area contributed by atoms with Crippen LogP contribution >= 0.6 is 0 Å². The lowest BCUT2D eigenvalue weighted by molar-refractivity contribution is -0.153. The molecule has 4 rings (SSSR count). The Balaban J connectivity index is 1.64. The molecule has 4 aliphatic rings. The van der Waals surface area contributed by atoms with Crippen LogP contribution in [-0.4, -0.2) is 22.9 Å². The number of aliphatic hydroxyl groups is 2. The summed E-state index contributed by atoms with van der Waals surface area (Å²) in [6.07, 6.45) is 11.5. The fraction of sp³-hybridized carbons (Fsp3) is 1.00. The van der Waals surface area contributed by atoms with Gasteiger partial charge in [0.1, 0.15) is 0 Å². The highest BCUT2D eigenvalue weighted by atomic mass is 16.3. The van der Waals surface area contributed by atoms with Crippen molar-refractivity contribution >= 4 is 0 Å². The lowest BCUT2D eigenvalue weighted by atomic mass is 9.42. The van der Waals surface area contributed by atoms with Crippen LogP contribution in [-0.2, 0) is 0 Å². The minimum Gasteiger partial charge on any atom is -0.396 e. The molecule has 26 heavy (non-hydrogen) atoms. The van der Waals surface area contributed by atoms with Crippen LogP contribution in [0, 0.1) is 52.3 Å². The van der Waals surface area contributed by atoms with Crippen LogP contribution in [0.4, 0.5) is 0 Å². The molecular formula is C24H42O2. The van der Waals surface area contributed by atoms with Crippen LogP contribution < -0.4 is 0 Å². The Morgan fingerprint density at radius 2 is 1.62 bits per heavy atom. The summed E-state index contributed by atoms with van der Waals surface area (Å²) in [6.45, 7) is 10.2. The average molecular weight is 363 g/mol. The van der Waals surface area contributed by atoms with Crippen molar-refractivity contribution in [1.29, 1.82) is 0 Å². The van der Waals surface area contributed by atoms with Crippen LogP contribution in [0.5, 0.6) is 0 Å². The van der Waals surface area contributed by atoms with Gasteiger partial charge < -0.3 is 10.2 Å². The zero-order chi connectivity index (χ0) is 18.7. The Bertz CT molecular complexity index is 518. The molecule has 0 aromatic heterocycles. The van der Waals surface area contributed by atoms with E-state index in [1.807, 2.05) is 0 Å². The lowest BCUT2D eigenvalue weighted by Crippen LogP contribution is -2.56. The summed E-state index contributed by atoms with van der Waals surface area (Å²) in [5.41, 5.74) is 0.920. The van der Waals surface area contributed by atoms with Gasteiger partial charge in [-0.1, -0.05) is 34.1 Å². The van der Waals surface area contributed by atoms with Crippen LogP contribution in [0.1, 0.15) is 85.5 Å². The summed E-state index contributed by atoms with van der Waals surface area (Å²) in [6, 6.07) is 0. The van der Waals surface area contributed by atoms with E-state index in [4.69, 9.17) is 0 Å². The highest BCUT2D eigenvalue weighted by Crippen LogP contribution is 2.69. The molecule has 4 fully saturated rings. The zero-order valence-corrected chi connectivity index (χ0v) is 17.6. The monoisotopic (exact) mass is 362 g/mol. The maximum Gasteiger partial charge on any atom is 0.0543 e. The van der Waals surface area contributed by atoms with Crippen molar-refractivity contribution < 1.29 is 10.2 Å². The van der Waals surface area contributed by atoms with Gasteiger partial charge in [0.05, 0.1) is 6.10 Å². The third-order valence-corrected chi connectivity index (χ3v) is 10.4. The molecule has 0 radical (unpaired) electrons. The molecule has 0 bridgehead atoms. The molecule has 0 spiro atoms. The number of hydrogen-bond acceptors (Lipinski definition) is 2. The first-order valence-electron chi connectivity index (χ1n) is 11.6. The second-order valence-electron chi connectivity index (χ2n) is 11.2. The molecule has 0 saturated heterocycles. The Labute approximate surface area is 161 Å². The van der Waals surface area contributed by atoms with E-state index >= 15 is 0 Å². The lowest BCUT2D eigenvalue weighted by Gasteiger charge is -2.63. The first-order chi connectivity index (χ1) is 12.3. The van der Waals surface area contributed by atoms with E-state index in [1.54, 1.807) is 0 Å². The summed E-state index contributed by atoms with van der Waals surface area (Å²) in [4.78, 5) is 0. The van der Waals surface area contributed by atoms with Crippen molar-refractivity contribution in [3.63, 3.8) is 0 Å². The Morgan fingerprint density at radius 3 is 2.31 bits per heavy atom. The quantitative estimate of drug-likeness (QED) is 0.718. The molecule has 0 heterocycles. The average Bonchev–Trinajstić information content (AvgIpc) is 2.98. The van der Waals surface area contributed by atoms with Gasteiger partial charge in [-0.25, -0.2) is 0 Å². The molecule has 2 heteroatoms. The fourth-order valence-electron chi connectivity index (χ4n) is 9.04. The maximum atomic E-state index is 10.4. The van der Waals surface area contributed by atoms with Gasteiger partial charge in [0.2, 0.25) is 0 Å². The number of aliphatic hydroxyl groups excluding tert-OH is 2. The second kappa shape index (κ2) is 6.76. The molecule has 4 saturated carbocycles. The molecule has 0 aromatic carbocycles. The van der Waals surface area contributed by atoms with Crippen molar-refractivity contribution in [3.05, 3.63) is 0 Å². The molecule has 10 atom stereocenters. The summed E-state index contributed by atoms with van der Waals surface area (Å²) in [5.74, 6) is 5.38. The minimum absolute atomic E-state index is 0.0474.